The van der Waals surface area contributed by atoms with Crippen LogP contribution in [0, 0.1) is 11.3 Å². The van der Waals surface area contributed by atoms with Gasteiger partial charge in [-0.3, -0.25) is 4.90 Å². The highest BCUT2D eigenvalue weighted by Gasteiger charge is 2.36. The Morgan fingerprint density at radius 2 is 1.93 bits per heavy atom. The maximum absolute atomic E-state index is 10.0. The van der Waals surface area contributed by atoms with Crippen molar-refractivity contribution in [1.29, 1.82) is 5.26 Å². The van der Waals surface area contributed by atoms with E-state index in [1.54, 1.807) is 11.8 Å². The number of morpholine rings is 1. The van der Waals surface area contributed by atoms with E-state index in [4.69, 9.17) is 9.47 Å². The number of rotatable bonds is 5. The zero-order valence-corrected chi connectivity index (χ0v) is 18.0. The summed E-state index contributed by atoms with van der Waals surface area (Å²) in [5.74, 6) is 2.02. The van der Waals surface area contributed by atoms with Crippen molar-refractivity contribution in [3.63, 3.8) is 0 Å². The number of nitrogens with one attached hydrogen (secondary N) is 1. The van der Waals surface area contributed by atoms with Crippen LogP contribution in [0.3, 0.4) is 0 Å². The van der Waals surface area contributed by atoms with Crippen LogP contribution in [0.1, 0.15) is 36.1 Å². The second kappa shape index (κ2) is 8.74. The van der Waals surface area contributed by atoms with E-state index >= 15 is 0 Å². The average Bonchev–Trinajstić information content (AvgIpc) is 2.74. The molecule has 0 bridgehead atoms. The van der Waals surface area contributed by atoms with Crippen LogP contribution in [0.5, 0.6) is 0 Å². The van der Waals surface area contributed by atoms with Crippen LogP contribution in [-0.4, -0.2) is 37.7 Å². The number of benzene rings is 1. The molecule has 2 aliphatic heterocycles. The molecule has 0 radical (unpaired) electrons. The fourth-order valence-corrected chi connectivity index (χ4v) is 4.99. The summed E-state index contributed by atoms with van der Waals surface area (Å²) in [7, 11) is 0. The molecule has 1 saturated heterocycles. The molecule has 0 saturated carbocycles. The van der Waals surface area contributed by atoms with Crippen LogP contribution >= 0.6 is 11.8 Å². The molecule has 1 aromatic heterocycles. The SMILES string of the molecule is CC1(C)Cc2c(C#N)c(SCCc3ccccc3)[nH+]c(N3CCOCC3)c2CO1. The maximum atomic E-state index is 10.0. The molecule has 2 aromatic rings. The molecule has 0 spiro atoms. The molecule has 152 valence electrons. The van der Waals surface area contributed by atoms with Crippen LogP contribution in [0.15, 0.2) is 35.4 Å². The first-order valence-corrected chi connectivity index (χ1v) is 11.2. The largest absolute Gasteiger partial charge is 0.373 e. The molecule has 1 N–H and O–H groups in total. The van der Waals surface area contributed by atoms with Crippen LogP contribution < -0.4 is 9.88 Å². The average molecular weight is 411 g/mol. The molecule has 3 heterocycles. The van der Waals surface area contributed by atoms with Gasteiger partial charge in [-0.1, -0.05) is 42.1 Å². The van der Waals surface area contributed by atoms with Gasteiger partial charge < -0.3 is 9.47 Å². The first kappa shape index (κ1) is 20.2. The predicted octanol–water partition coefficient (Wildman–Crippen LogP) is 3.40. The Balaban J connectivity index is 1.66. The van der Waals surface area contributed by atoms with Crippen molar-refractivity contribution < 1.29 is 14.5 Å². The van der Waals surface area contributed by atoms with Crippen molar-refractivity contribution >= 4 is 17.6 Å². The van der Waals surface area contributed by atoms with Crippen molar-refractivity contribution in [2.75, 3.05) is 37.0 Å². The third-order valence-electron chi connectivity index (χ3n) is 5.54. The lowest BCUT2D eigenvalue weighted by Gasteiger charge is -2.34. The van der Waals surface area contributed by atoms with Gasteiger partial charge in [0.2, 0.25) is 0 Å². The van der Waals surface area contributed by atoms with Crippen molar-refractivity contribution in [1.82, 2.24) is 0 Å². The third-order valence-corrected chi connectivity index (χ3v) is 6.54. The zero-order chi connectivity index (χ0) is 20.3. The highest BCUT2D eigenvalue weighted by Crippen LogP contribution is 2.36. The molecular weight excluding hydrogens is 382 g/mol. The summed E-state index contributed by atoms with van der Waals surface area (Å²) >= 11 is 1.74. The highest BCUT2D eigenvalue weighted by atomic mass is 32.2. The van der Waals surface area contributed by atoms with Gasteiger partial charge in [0, 0.05) is 12.2 Å². The van der Waals surface area contributed by atoms with Crippen molar-refractivity contribution in [3.05, 3.63) is 52.6 Å². The number of H-pyrrole nitrogens is 1. The van der Waals surface area contributed by atoms with Crippen molar-refractivity contribution in [2.24, 2.45) is 0 Å². The van der Waals surface area contributed by atoms with Gasteiger partial charge in [-0.2, -0.15) is 5.26 Å². The van der Waals surface area contributed by atoms with E-state index in [1.807, 2.05) is 6.07 Å². The molecule has 29 heavy (non-hydrogen) atoms. The topological polar surface area (TPSA) is 59.6 Å². The van der Waals surface area contributed by atoms with E-state index in [2.05, 4.69) is 54.1 Å². The second-order valence-electron chi connectivity index (χ2n) is 8.16. The van der Waals surface area contributed by atoms with Crippen LogP contribution in [0.4, 0.5) is 5.82 Å². The fraction of sp³-hybridized carbons (Fsp3) is 0.478. The minimum atomic E-state index is -0.256. The number of aromatic amines is 1. The number of ether oxygens (including phenoxy) is 2. The number of anilines is 1. The van der Waals surface area contributed by atoms with E-state index in [9.17, 15) is 5.26 Å². The zero-order valence-electron chi connectivity index (χ0n) is 17.2. The minimum absolute atomic E-state index is 0.256. The Morgan fingerprint density at radius 3 is 2.66 bits per heavy atom. The van der Waals surface area contributed by atoms with Gasteiger partial charge in [-0.25, -0.2) is 4.98 Å². The number of aryl methyl sites for hydroxylation is 1. The molecular formula is C23H28N3O2S+. The van der Waals surface area contributed by atoms with Gasteiger partial charge in [0.15, 0.2) is 5.03 Å². The van der Waals surface area contributed by atoms with E-state index in [1.165, 1.54) is 5.56 Å². The maximum Gasteiger partial charge on any atom is 0.281 e. The number of thioether (sulfide) groups is 1. The highest BCUT2D eigenvalue weighted by molar-refractivity contribution is 7.99. The van der Waals surface area contributed by atoms with Crippen LogP contribution in [0.2, 0.25) is 0 Å². The van der Waals surface area contributed by atoms with Crippen molar-refractivity contribution in [3.8, 4) is 6.07 Å². The molecule has 0 unspecified atom stereocenters. The van der Waals surface area contributed by atoms with Crippen LogP contribution in [-0.2, 0) is 28.9 Å². The summed E-state index contributed by atoms with van der Waals surface area (Å²) in [6.07, 6.45) is 1.73. The Labute approximate surface area is 177 Å². The minimum Gasteiger partial charge on any atom is -0.373 e. The number of nitriles is 1. The molecule has 5 nitrogen and oxygen atoms in total. The molecule has 6 heteroatoms. The smallest absolute Gasteiger partial charge is 0.281 e. The summed E-state index contributed by atoms with van der Waals surface area (Å²) in [4.78, 5) is 5.95. The van der Waals surface area contributed by atoms with Crippen LogP contribution in [0.25, 0.3) is 0 Å². The third kappa shape index (κ3) is 4.58. The summed E-state index contributed by atoms with van der Waals surface area (Å²) < 4.78 is 11.7. The molecule has 0 atom stereocenters. The Kier molecular flexibility index (Phi) is 6.09. The molecule has 1 aromatic carbocycles. The molecule has 4 rings (SSSR count). The van der Waals surface area contributed by atoms with Gasteiger partial charge in [0.05, 0.1) is 31.0 Å². The number of fused-ring (bicyclic) bond motifs is 1. The first-order chi connectivity index (χ1) is 14.1. The second-order valence-corrected chi connectivity index (χ2v) is 9.26. The number of aromatic nitrogens is 1. The monoisotopic (exact) mass is 410 g/mol. The normalized spacial score (nSPS) is 18.2. The lowest BCUT2D eigenvalue weighted by molar-refractivity contribution is -0.415. The lowest BCUT2D eigenvalue weighted by Crippen LogP contribution is -2.43. The van der Waals surface area contributed by atoms with Crippen molar-refractivity contribution in [2.45, 2.75) is 43.9 Å². The molecule has 2 aliphatic rings. The summed E-state index contributed by atoms with van der Waals surface area (Å²) in [6, 6.07) is 13.0. The molecule has 0 amide bonds. The van der Waals surface area contributed by atoms with Gasteiger partial charge >= 0.3 is 0 Å². The summed E-state index contributed by atoms with van der Waals surface area (Å²) in [5, 5.41) is 11.0. The number of hydrogen-bond acceptors (Lipinski definition) is 5. The van der Waals surface area contributed by atoms with Gasteiger partial charge in [-0.05, 0) is 31.4 Å². The van der Waals surface area contributed by atoms with E-state index < -0.39 is 0 Å². The quantitative estimate of drug-likeness (QED) is 0.707. The molecule has 1 fully saturated rings. The predicted molar refractivity (Wildman–Crippen MR) is 114 cm³/mol. The van der Waals surface area contributed by atoms with Gasteiger partial charge in [0.25, 0.3) is 5.82 Å². The van der Waals surface area contributed by atoms with E-state index in [0.717, 1.165) is 72.4 Å². The van der Waals surface area contributed by atoms with E-state index in [0.29, 0.717) is 6.61 Å². The number of hydrogen-bond donors (Lipinski definition) is 0. The Bertz CT molecular complexity index is 903. The van der Waals surface area contributed by atoms with E-state index in [-0.39, 0.29) is 5.60 Å². The standard InChI is InChI=1S/C23H27N3O2S/c1-23(2)14-18-19(15-24)22(29-13-8-17-6-4-3-5-7-17)25-21(20(18)16-28-23)26-9-11-27-12-10-26/h3-7H,8-14,16H2,1-2H3/p+1. The molecule has 0 aliphatic carbocycles. The Hall–Kier alpha value is -2.07. The number of pyridine rings is 1. The fourth-order valence-electron chi connectivity index (χ4n) is 3.97. The van der Waals surface area contributed by atoms with Gasteiger partial charge in [-0.15, -0.1) is 0 Å². The van der Waals surface area contributed by atoms with Gasteiger partial charge in [0.1, 0.15) is 24.7 Å². The Morgan fingerprint density at radius 1 is 1.17 bits per heavy atom. The summed E-state index contributed by atoms with van der Waals surface area (Å²) in [5.41, 5.74) is 4.13. The summed E-state index contributed by atoms with van der Waals surface area (Å²) in [6.45, 7) is 7.90. The lowest BCUT2D eigenvalue weighted by atomic mass is 9.89. The first-order valence-electron chi connectivity index (χ1n) is 10.2. The number of nitrogens with zero attached hydrogens (tertiary/aromatic N) is 2.